The first-order valence-corrected chi connectivity index (χ1v) is 6.43. The number of carbonyl (C=O) groups excluding carboxylic acids is 1. The van der Waals surface area contributed by atoms with Crippen molar-refractivity contribution in [1.82, 2.24) is 4.90 Å². The van der Waals surface area contributed by atoms with Gasteiger partial charge in [-0.05, 0) is 6.92 Å². The number of rotatable bonds is 7. The maximum Gasteiger partial charge on any atom is 0.460 e. The maximum atomic E-state index is 13.9. The Hall–Kier alpha value is -1.76. The fraction of sp³-hybridized carbons (Fsp3) is 0.750. The van der Waals surface area contributed by atoms with Gasteiger partial charge in [-0.3, -0.25) is 0 Å². The van der Waals surface area contributed by atoms with Gasteiger partial charge in [0.25, 0.3) is 0 Å². The van der Waals surface area contributed by atoms with Crippen LogP contribution in [0.1, 0.15) is 6.92 Å². The Balaban J connectivity index is 6.41. The summed E-state index contributed by atoms with van der Waals surface area (Å²) in [5.74, 6) is -30.3. The van der Waals surface area contributed by atoms with E-state index in [-0.39, 0.29) is 4.90 Å². The van der Waals surface area contributed by atoms with Gasteiger partial charge in [0.2, 0.25) is 0 Å². The van der Waals surface area contributed by atoms with Crippen LogP contribution in [0.4, 0.5) is 48.3 Å². The average molecular weight is 411 g/mol. The Kier molecular flexibility index (Phi) is 6.62. The Morgan fingerprint density at radius 1 is 0.846 bits per heavy atom. The summed E-state index contributed by atoms with van der Waals surface area (Å²) >= 11 is 0. The second-order valence-electron chi connectivity index (χ2n) is 4.97. The molecule has 0 aromatic carbocycles. The number of hydrogen-bond donors (Lipinski definition) is 0. The lowest BCUT2D eigenvalue weighted by Crippen LogP contribution is -2.67. The minimum Gasteiger partial charge on any atom is -0.463 e. The molecule has 0 rings (SSSR count). The summed E-state index contributed by atoms with van der Waals surface area (Å²) in [6.45, 7) is 0.701. The van der Waals surface area contributed by atoms with Crippen LogP contribution in [0.2, 0.25) is 0 Å². The van der Waals surface area contributed by atoms with Gasteiger partial charge in [0.05, 0.1) is 12.3 Å². The molecule has 0 bridgehead atoms. The lowest BCUT2D eigenvalue weighted by atomic mass is 9.95. The van der Waals surface area contributed by atoms with Crippen molar-refractivity contribution < 1.29 is 57.8 Å². The molecule has 14 heteroatoms. The second kappa shape index (κ2) is 7.10. The van der Waals surface area contributed by atoms with E-state index in [1.165, 1.54) is 0 Å². The molecular weight excluding hydrogens is 399 g/mol. The SMILES string of the molecule is CCOC(=O)/C=C(\N(C)C)C(F)(F)C(F)(F)C(F)(F)C(F)(F)C(F)(F)F. The predicted molar refractivity (Wildman–Crippen MR) is 64.2 cm³/mol. The third-order valence-electron chi connectivity index (χ3n) is 2.88. The van der Waals surface area contributed by atoms with Crippen LogP contribution in [0.15, 0.2) is 11.8 Å². The van der Waals surface area contributed by atoms with E-state index in [0.717, 1.165) is 6.92 Å². The van der Waals surface area contributed by atoms with Gasteiger partial charge in [-0.2, -0.15) is 48.3 Å². The standard InChI is InChI=1S/C12H12F11NO2/c1-4-26-7(25)5-6(24(2)3)8(13,14)9(15,16)10(17,18)11(19,20)12(21,22)23/h5H,4H2,1-3H3/b6-5-. The van der Waals surface area contributed by atoms with Crippen molar-refractivity contribution in [3.63, 3.8) is 0 Å². The average Bonchev–Trinajstić information content (AvgIpc) is 2.42. The summed E-state index contributed by atoms with van der Waals surface area (Å²) in [6.07, 6.45) is -7.67. The quantitative estimate of drug-likeness (QED) is 0.359. The molecule has 0 saturated heterocycles. The summed E-state index contributed by atoms with van der Waals surface area (Å²) < 4.78 is 147. The smallest absolute Gasteiger partial charge is 0.460 e. The summed E-state index contributed by atoms with van der Waals surface area (Å²) in [5, 5.41) is 0. The molecule has 0 aliphatic carbocycles. The van der Waals surface area contributed by atoms with Crippen LogP contribution >= 0.6 is 0 Å². The third kappa shape index (κ3) is 3.82. The predicted octanol–water partition coefficient (Wildman–Crippen LogP) is 4.10. The van der Waals surface area contributed by atoms with Gasteiger partial charge in [0, 0.05) is 20.2 Å². The van der Waals surface area contributed by atoms with Crippen molar-refractivity contribution in [3.05, 3.63) is 11.8 Å². The largest absolute Gasteiger partial charge is 0.463 e. The number of allylic oxidation sites excluding steroid dienone is 1. The molecule has 0 aliphatic rings. The molecule has 0 amide bonds. The Bertz CT molecular complexity index is 552. The van der Waals surface area contributed by atoms with Crippen molar-refractivity contribution in [2.75, 3.05) is 20.7 Å². The Morgan fingerprint density at radius 3 is 1.58 bits per heavy atom. The molecule has 0 radical (unpaired) electrons. The Morgan fingerprint density at radius 2 is 1.27 bits per heavy atom. The molecule has 0 aromatic heterocycles. The summed E-state index contributed by atoms with van der Waals surface area (Å²) in [6, 6.07) is 0. The minimum absolute atomic E-state index is 0.0351. The van der Waals surface area contributed by atoms with Crippen LogP contribution in [0.25, 0.3) is 0 Å². The lowest BCUT2D eigenvalue weighted by Gasteiger charge is -2.39. The highest BCUT2D eigenvalue weighted by molar-refractivity contribution is 5.83. The van der Waals surface area contributed by atoms with E-state index in [1.807, 2.05) is 0 Å². The number of alkyl halides is 11. The van der Waals surface area contributed by atoms with Crippen molar-refractivity contribution in [1.29, 1.82) is 0 Å². The molecule has 0 aliphatic heterocycles. The normalized spacial score (nSPS) is 15.1. The van der Waals surface area contributed by atoms with Crippen LogP contribution in [-0.2, 0) is 9.53 Å². The molecule has 0 N–H and O–H groups in total. The first-order valence-electron chi connectivity index (χ1n) is 6.43. The number of hydrogen-bond acceptors (Lipinski definition) is 3. The number of esters is 1. The molecular formula is C12H12F11NO2. The van der Waals surface area contributed by atoms with E-state index >= 15 is 0 Å². The fourth-order valence-corrected chi connectivity index (χ4v) is 1.53. The van der Waals surface area contributed by atoms with E-state index in [4.69, 9.17) is 0 Å². The zero-order valence-electron chi connectivity index (χ0n) is 13.2. The van der Waals surface area contributed by atoms with Crippen LogP contribution < -0.4 is 0 Å². The molecule has 0 spiro atoms. The van der Waals surface area contributed by atoms with Crippen LogP contribution in [0.5, 0.6) is 0 Å². The number of ether oxygens (including phenoxy) is 1. The van der Waals surface area contributed by atoms with Crippen LogP contribution in [0, 0.1) is 0 Å². The Labute approximate surface area is 139 Å². The highest BCUT2D eigenvalue weighted by atomic mass is 19.4. The van der Waals surface area contributed by atoms with Gasteiger partial charge >= 0.3 is 35.8 Å². The molecule has 0 heterocycles. The molecule has 154 valence electrons. The minimum atomic E-state index is -7.55. The topological polar surface area (TPSA) is 29.5 Å². The summed E-state index contributed by atoms with van der Waals surface area (Å²) in [7, 11) is 1.07. The van der Waals surface area contributed by atoms with Gasteiger partial charge in [-0.1, -0.05) is 0 Å². The van der Waals surface area contributed by atoms with E-state index in [2.05, 4.69) is 4.74 Å². The van der Waals surface area contributed by atoms with Crippen molar-refractivity contribution >= 4 is 5.97 Å². The number of halogens is 11. The molecule has 3 nitrogen and oxygen atoms in total. The van der Waals surface area contributed by atoms with E-state index in [1.54, 1.807) is 0 Å². The van der Waals surface area contributed by atoms with E-state index < -0.39 is 54.2 Å². The molecule has 26 heavy (non-hydrogen) atoms. The van der Waals surface area contributed by atoms with Gasteiger partial charge in [0.1, 0.15) is 0 Å². The van der Waals surface area contributed by atoms with Gasteiger partial charge in [0.15, 0.2) is 0 Å². The van der Waals surface area contributed by atoms with Gasteiger partial charge < -0.3 is 9.64 Å². The summed E-state index contributed by atoms with van der Waals surface area (Å²) in [4.78, 5) is 11.1. The summed E-state index contributed by atoms with van der Waals surface area (Å²) in [5.41, 5.74) is -2.27. The zero-order chi connectivity index (χ0) is 21.4. The zero-order valence-corrected chi connectivity index (χ0v) is 13.2. The second-order valence-corrected chi connectivity index (χ2v) is 4.97. The number of carbonyl (C=O) groups is 1. The molecule has 0 fully saturated rings. The molecule has 0 atom stereocenters. The third-order valence-corrected chi connectivity index (χ3v) is 2.88. The molecule has 0 aromatic rings. The lowest BCUT2D eigenvalue weighted by molar-refractivity contribution is -0.419. The first-order chi connectivity index (χ1) is 11.3. The van der Waals surface area contributed by atoms with Crippen LogP contribution in [0.3, 0.4) is 0 Å². The van der Waals surface area contributed by atoms with Gasteiger partial charge in [-0.25, -0.2) is 4.79 Å². The monoisotopic (exact) mass is 411 g/mol. The molecule has 0 saturated carbocycles. The molecule has 0 unspecified atom stereocenters. The van der Waals surface area contributed by atoms with E-state index in [0.29, 0.717) is 14.1 Å². The van der Waals surface area contributed by atoms with Crippen molar-refractivity contribution in [2.24, 2.45) is 0 Å². The van der Waals surface area contributed by atoms with Crippen molar-refractivity contribution in [3.8, 4) is 0 Å². The first kappa shape index (κ1) is 24.2. The maximum absolute atomic E-state index is 13.9. The van der Waals surface area contributed by atoms with Crippen molar-refractivity contribution in [2.45, 2.75) is 36.8 Å². The van der Waals surface area contributed by atoms with Gasteiger partial charge in [-0.15, -0.1) is 0 Å². The number of nitrogens with zero attached hydrogens (tertiary/aromatic N) is 1. The fourth-order valence-electron chi connectivity index (χ4n) is 1.53. The highest BCUT2D eigenvalue weighted by Crippen LogP contribution is 2.58. The van der Waals surface area contributed by atoms with E-state index in [9.17, 15) is 53.1 Å². The van der Waals surface area contributed by atoms with Crippen LogP contribution in [-0.4, -0.2) is 61.4 Å². The highest BCUT2D eigenvalue weighted by Gasteiger charge is 2.87.